The van der Waals surface area contributed by atoms with E-state index in [-0.39, 0.29) is 11.1 Å². The topological polar surface area (TPSA) is 64.6 Å². The van der Waals surface area contributed by atoms with Crippen LogP contribution >= 0.6 is 23.2 Å². The van der Waals surface area contributed by atoms with Gasteiger partial charge in [-0.25, -0.2) is 9.59 Å². The van der Waals surface area contributed by atoms with E-state index in [2.05, 4.69) is 5.32 Å². The number of halogens is 2. The number of anilines is 1. The second-order valence-corrected chi connectivity index (χ2v) is 7.57. The summed E-state index contributed by atoms with van der Waals surface area (Å²) in [5.74, 6) is -1.29. The molecule has 0 amide bonds. The van der Waals surface area contributed by atoms with Crippen molar-refractivity contribution < 1.29 is 19.1 Å². The Morgan fingerprint density at radius 1 is 0.933 bits per heavy atom. The number of esters is 2. The summed E-state index contributed by atoms with van der Waals surface area (Å²) >= 11 is 12.5. The van der Waals surface area contributed by atoms with E-state index in [1.54, 1.807) is 18.2 Å². The molecule has 1 aliphatic heterocycles. The minimum atomic E-state index is -0.732. The van der Waals surface area contributed by atoms with Crippen LogP contribution in [0.2, 0.25) is 10.0 Å². The van der Waals surface area contributed by atoms with Gasteiger partial charge >= 0.3 is 11.9 Å². The van der Waals surface area contributed by atoms with Gasteiger partial charge in [0, 0.05) is 21.3 Å². The first-order valence-electron chi connectivity index (χ1n) is 9.10. The minimum absolute atomic E-state index is 0.123. The second kappa shape index (κ2) is 8.01. The van der Waals surface area contributed by atoms with E-state index in [9.17, 15) is 9.59 Å². The molecule has 0 aromatic heterocycles. The van der Waals surface area contributed by atoms with E-state index in [1.165, 1.54) is 14.2 Å². The van der Waals surface area contributed by atoms with Crippen LogP contribution < -0.4 is 5.32 Å². The first kappa shape index (κ1) is 20.3. The standard InChI is InChI=1S/C23H17Cl2NO4/c1-29-22(27)19-18-14-6-4-3-5-12(14)7-10-17(18)26-21(20(19)23(28)30-2)15-9-8-13(24)11-16(15)25/h3-11,21,26H,1-2H3. The molecule has 3 aromatic carbocycles. The molecule has 0 fully saturated rings. The number of rotatable bonds is 3. The Morgan fingerprint density at radius 3 is 2.37 bits per heavy atom. The molecule has 30 heavy (non-hydrogen) atoms. The largest absolute Gasteiger partial charge is 0.466 e. The molecular weight excluding hydrogens is 425 g/mol. The summed E-state index contributed by atoms with van der Waals surface area (Å²) in [7, 11) is 2.55. The summed E-state index contributed by atoms with van der Waals surface area (Å²) in [5.41, 5.74) is 2.12. The fourth-order valence-corrected chi connectivity index (χ4v) is 4.30. The fourth-order valence-electron chi connectivity index (χ4n) is 3.78. The molecule has 5 nitrogen and oxygen atoms in total. The number of benzene rings is 3. The number of hydrogen-bond acceptors (Lipinski definition) is 5. The molecule has 152 valence electrons. The van der Waals surface area contributed by atoms with E-state index in [0.717, 1.165) is 10.8 Å². The van der Waals surface area contributed by atoms with Gasteiger partial charge in [-0.05, 0) is 34.5 Å². The highest BCUT2D eigenvalue weighted by molar-refractivity contribution is 6.35. The van der Waals surface area contributed by atoms with E-state index >= 15 is 0 Å². The number of hydrogen-bond donors (Lipinski definition) is 1. The van der Waals surface area contributed by atoms with Crippen molar-refractivity contribution in [1.82, 2.24) is 0 Å². The molecule has 0 bridgehead atoms. The SMILES string of the molecule is COC(=O)C1=C(C(=O)OC)C(c2ccc(Cl)cc2Cl)Nc2ccc3ccccc3c21. The lowest BCUT2D eigenvalue weighted by Crippen LogP contribution is -2.28. The number of fused-ring (bicyclic) bond motifs is 3. The average Bonchev–Trinajstić information content (AvgIpc) is 2.76. The predicted molar refractivity (Wildman–Crippen MR) is 118 cm³/mol. The number of nitrogens with one attached hydrogen (secondary N) is 1. The molecule has 1 N–H and O–H groups in total. The zero-order chi connectivity index (χ0) is 21.4. The highest BCUT2D eigenvalue weighted by Gasteiger charge is 2.38. The van der Waals surface area contributed by atoms with E-state index in [4.69, 9.17) is 32.7 Å². The van der Waals surface area contributed by atoms with Crippen LogP contribution in [0.15, 0.2) is 60.2 Å². The molecule has 7 heteroatoms. The molecule has 0 spiro atoms. The maximum Gasteiger partial charge on any atom is 0.339 e. The number of methoxy groups -OCH3 is 2. The third-order valence-electron chi connectivity index (χ3n) is 5.11. The summed E-state index contributed by atoms with van der Waals surface area (Å²) in [6, 6.07) is 15.7. The maximum absolute atomic E-state index is 13.0. The summed E-state index contributed by atoms with van der Waals surface area (Å²) in [6.45, 7) is 0. The number of carbonyl (C=O) groups excluding carboxylic acids is 2. The van der Waals surface area contributed by atoms with Gasteiger partial charge < -0.3 is 14.8 Å². The van der Waals surface area contributed by atoms with Gasteiger partial charge in [0.15, 0.2) is 0 Å². The van der Waals surface area contributed by atoms with Gasteiger partial charge in [-0.15, -0.1) is 0 Å². The first-order valence-corrected chi connectivity index (χ1v) is 9.86. The highest BCUT2D eigenvalue weighted by Crippen LogP contribution is 2.46. The Balaban J connectivity index is 2.09. The Bertz CT molecular complexity index is 1220. The number of carbonyl (C=O) groups is 2. The fraction of sp³-hybridized carbons (Fsp3) is 0.130. The van der Waals surface area contributed by atoms with Crippen LogP contribution in [0.4, 0.5) is 5.69 Å². The molecule has 0 saturated carbocycles. The molecule has 0 radical (unpaired) electrons. The van der Waals surface area contributed by atoms with Crippen LogP contribution in [0.5, 0.6) is 0 Å². The summed E-state index contributed by atoms with van der Waals surface area (Å²) in [5, 5.41) is 5.90. The smallest absolute Gasteiger partial charge is 0.339 e. The Hall–Kier alpha value is -3.02. The Morgan fingerprint density at radius 2 is 1.67 bits per heavy atom. The predicted octanol–water partition coefficient (Wildman–Crippen LogP) is 5.41. The van der Waals surface area contributed by atoms with Crippen molar-refractivity contribution in [2.75, 3.05) is 19.5 Å². The van der Waals surface area contributed by atoms with Gasteiger partial charge in [0.2, 0.25) is 0 Å². The molecular formula is C23H17Cl2NO4. The molecule has 4 rings (SSSR count). The van der Waals surface area contributed by atoms with Crippen molar-refractivity contribution in [2.24, 2.45) is 0 Å². The lowest BCUT2D eigenvalue weighted by molar-refractivity contribution is -0.138. The zero-order valence-electron chi connectivity index (χ0n) is 16.2. The third kappa shape index (κ3) is 3.30. The van der Waals surface area contributed by atoms with Gasteiger partial charge in [-0.1, -0.05) is 59.6 Å². The number of ether oxygens (including phenoxy) is 2. The van der Waals surface area contributed by atoms with Gasteiger partial charge in [0.25, 0.3) is 0 Å². The van der Waals surface area contributed by atoms with Gasteiger partial charge in [0.05, 0.1) is 31.4 Å². The Kier molecular flexibility index (Phi) is 5.41. The zero-order valence-corrected chi connectivity index (χ0v) is 17.7. The van der Waals surface area contributed by atoms with E-state index < -0.39 is 18.0 Å². The third-order valence-corrected chi connectivity index (χ3v) is 5.67. The lowest BCUT2D eigenvalue weighted by atomic mass is 9.84. The van der Waals surface area contributed by atoms with Crippen molar-refractivity contribution in [1.29, 1.82) is 0 Å². The molecule has 1 aliphatic rings. The normalized spacial score (nSPS) is 15.4. The molecule has 1 unspecified atom stereocenters. The van der Waals surface area contributed by atoms with Crippen molar-refractivity contribution in [3.05, 3.63) is 81.3 Å². The molecule has 1 atom stereocenters. The average molecular weight is 442 g/mol. The molecule has 0 aliphatic carbocycles. The van der Waals surface area contributed by atoms with Gasteiger partial charge in [0.1, 0.15) is 0 Å². The van der Waals surface area contributed by atoms with Crippen molar-refractivity contribution in [3.8, 4) is 0 Å². The summed E-state index contributed by atoms with van der Waals surface area (Å²) in [4.78, 5) is 25.9. The van der Waals surface area contributed by atoms with Crippen LogP contribution in [0, 0.1) is 0 Å². The van der Waals surface area contributed by atoms with Crippen molar-refractivity contribution in [2.45, 2.75) is 6.04 Å². The molecule has 3 aromatic rings. The van der Waals surface area contributed by atoms with Crippen LogP contribution in [0.25, 0.3) is 16.3 Å². The summed E-state index contributed by atoms with van der Waals surface area (Å²) < 4.78 is 10.1. The van der Waals surface area contributed by atoms with Crippen molar-refractivity contribution >= 4 is 57.2 Å². The molecule has 0 saturated heterocycles. The van der Waals surface area contributed by atoms with Crippen LogP contribution in [-0.4, -0.2) is 26.2 Å². The second-order valence-electron chi connectivity index (χ2n) is 6.72. The van der Waals surface area contributed by atoms with E-state index in [0.29, 0.717) is 26.9 Å². The lowest BCUT2D eigenvalue weighted by Gasteiger charge is -2.31. The Labute approximate surface area is 183 Å². The van der Waals surface area contributed by atoms with Crippen LogP contribution in [0.1, 0.15) is 17.2 Å². The minimum Gasteiger partial charge on any atom is -0.466 e. The van der Waals surface area contributed by atoms with Gasteiger partial charge in [-0.3, -0.25) is 0 Å². The first-order chi connectivity index (χ1) is 14.5. The van der Waals surface area contributed by atoms with E-state index in [1.807, 2.05) is 36.4 Å². The highest BCUT2D eigenvalue weighted by atomic mass is 35.5. The van der Waals surface area contributed by atoms with Gasteiger partial charge in [-0.2, -0.15) is 0 Å². The van der Waals surface area contributed by atoms with Crippen LogP contribution in [0.3, 0.4) is 0 Å². The summed E-state index contributed by atoms with van der Waals surface area (Å²) in [6.07, 6.45) is 0. The van der Waals surface area contributed by atoms with Crippen LogP contribution in [-0.2, 0) is 19.1 Å². The molecule has 1 heterocycles. The quantitative estimate of drug-likeness (QED) is 0.550. The monoisotopic (exact) mass is 441 g/mol. The maximum atomic E-state index is 13.0. The van der Waals surface area contributed by atoms with Crippen molar-refractivity contribution in [3.63, 3.8) is 0 Å².